The lowest BCUT2D eigenvalue weighted by Gasteiger charge is -2.31. The summed E-state index contributed by atoms with van der Waals surface area (Å²) in [7, 11) is 0. The number of rotatable bonds is 5. The van der Waals surface area contributed by atoms with Crippen molar-refractivity contribution in [2.24, 2.45) is 5.92 Å². The topological polar surface area (TPSA) is 135 Å². The Morgan fingerprint density at radius 1 is 1.03 bits per heavy atom. The number of carbonyl (C=O) groups is 3. The van der Waals surface area contributed by atoms with Gasteiger partial charge in [-0.15, -0.1) is 0 Å². The standard InChI is InChI=1S/C23H22N4O6/c28-21(22(29)25-17-6-2-3-7-18(17)27(31)32)24-14-15-9-11-26(12-10-15)23(30)20-13-16-5-1-4-8-19(16)33-20/h1-8,13,15H,9-12,14H2,(H,24,28)(H,25,29). The van der Waals surface area contributed by atoms with Gasteiger partial charge in [0.1, 0.15) is 11.3 Å². The van der Waals surface area contributed by atoms with Crippen LogP contribution in [-0.2, 0) is 9.59 Å². The van der Waals surface area contributed by atoms with E-state index in [0.29, 0.717) is 37.3 Å². The predicted molar refractivity (Wildman–Crippen MR) is 120 cm³/mol. The fraction of sp³-hybridized carbons (Fsp3) is 0.261. The van der Waals surface area contributed by atoms with E-state index in [1.807, 2.05) is 24.3 Å². The van der Waals surface area contributed by atoms with Crippen LogP contribution >= 0.6 is 0 Å². The number of fused-ring (bicyclic) bond motifs is 1. The van der Waals surface area contributed by atoms with Gasteiger partial charge < -0.3 is 20.0 Å². The Hall–Kier alpha value is -4.21. The molecule has 1 saturated heterocycles. The zero-order chi connectivity index (χ0) is 23.4. The molecule has 3 amide bonds. The molecule has 1 aromatic heterocycles. The van der Waals surface area contributed by atoms with Crippen LogP contribution in [-0.4, -0.2) is 47.2 Å². The summed E-state index contributed by atoms with van der Waals surface area (Å²) in [6, 6.07) is 14.8. The maximum absolute atomic E-state index is 12.7. The van der Waals surface area contributed by atoms with Gasteiger partial charge in [0.2, 0.25) is 0 Å². The molecule has 0 unspecified atom stereocenters. The molecule has 0 saturated carbocycles. The number of hydrogen-bond donors (Lipinski definition) is 2. The highest BCUT2D eigenvalue weighted by Crippen LogP contribution is 2.24. The lowest BCUT2D eigenvalue weighted by atomic mass is 9.96. The van der Waals surface area contributed by atoms with Gasteiger partial charge in [0.15, 0.2) is 5.76 Å². The Bertz CT molecular complexity index is 1180. The van der Waals surface area contributed by atoms with E-state index in [0.717, 1.165) is 5.39 Å². The van der Waals surface area contributed by atoms with Crippen molar-refractivity contribution < 1.29 is 23.7 Å². The summed E-state index contributed by atoms with van der Waals surface area (Å²) in [5.74, 6) is -1.60. The number of piperidine rings is 1. The van der Waals surface area contributed by atoms with Crippen LogP contribution in [0, 0.1) is 16.0 Å². The van der Waals surface area contributed by atoms with Gasteiger partial charge in [-0.25, -0.2) is 0 Å². The van der Waals surface area contributed by atoms with Crippen molar-refractivity contribution in [1.29, 1.82) is 0 Å². The second kappa shape index (κ2) is 9.51. The molecule has 0 atom stereocenters. The quantitative estimate of drug-likeness (QED) is 0.349. The van der Waals surface area contributed by atoms with Crippen molar-refractivity contribution in [1.82, 2.24) is 10.2 Å². The minimum atomic E-state index is -0.971. The highest BCUT2D eigenvalue weighted by Gasteiger charge is 2.27. The van der Waals surface area contributed by atoms with Crippen LogP contribution in [0.1, 0.15) is 23.4 Å². The second-order valence-corrected chi connectivity index (χ2v) is 7.82. The number of benzene rings is 2. The number of para-hydroxylation sites is 3. The van der Waals surface area contributed by atoms with Gasteiger partial charge in [-0.1, -0.05) is 30.3 Å². The molecule has 0 aliphatic carbocycles. The van der Waals surface area contributed by atoms with Gasteiger partial charge in [0, 0.05) is 31.1 Å². The zero-order valence-electron chi connectivity index (χ0n) is 17.7. The van der Waals surface area contributed by atoms with Crippen LogP contribution in [0.2, 0.25) is 0 Å². The van der Waals surface area contributed by atoms with Crippen molar-refractivity contribution in [3.8, 4) is 0 Å². The summed E-state index contributed by atoms with van der Waals surface area (Å²) in [6.45, 7) is 1.30. The molecular formula is C23H22N4O6. The van der Waals surface area contributed by atoms with Crippen molar-refractivity contribution in [3.63, 3.8) is 0 Å². The number of furan rings is 1. The SMILES string of the molecule is O=C(NCC1CCN(C(=O)c2cc3ccccc3o2)CC1)C(=O)Nc1ccccc1[N+](=O)[O-]. The molecule has 1 aliphatic heterocycles. The number of anilines is 1. The molecular weight excluding hydrogens is 428 g/mol. The van der Waals surface area contributed by atoms with Crippen LogP contribution in [0.15, 0.2) is 59.0 Å². The maximum Gasteiger partial charge on any atom is 0.313 e. The Labute approximate surface area is 188 Å². The molecule has 3 aromatic rings. The average Bonchev–Trinajstić information content (AvgIpc) is 3.27. The second-order valence-electron chi connectivity index (χ2n) is 7.82. The number of nitro groups is 1. The van der Waals surface area contributed by atoms with Crippen LogP contribution in [0.5, 0.6) is 0 Å². The zero-order valence-corrected chi connectivity index (χ0v) is 17.7. The first kappa shape index (κ1) is 22.0. The van der Waals surface area contributed by atoms with E-state index >= 15 is 0 Å². The van der Waals surface area contributed by atoms with Crippen molar-refractivity contribution >= 4 is 40.1 Å². The fourth-order valence-corrected chi connectivity index (χ4v) is 3.82. The Kier molecular flexibility index (Phi) is 6.34. The molecule has 1 aliphatic rings. The smallest absolute Gasteiger partial charge is 0.313 e. The van der Waals surface area contributed by atoms with E-state index in [9.17, 15) is 24.5 Å². The van der Waals surface area contributed by atoms with E-state index in [2.05, 4.69) is 10.6 Å². The lowest BCUT2D eigenvalue weighted by Crippen LogP contribution is -2.43. The Morgan fingerprint density at radius 3 is 2.45 bits per heavy atom. The molecule has 170 valence electrons. The molecule has 10 heteroatoms. The predicted octanol–water partition coefficient (Wildman–Crippen LogP) is 2.95. The normalized spacial score (nSPS) is 14.1. The van der Waals surface area contributed by atoms with E-state index < -0.39 is 16.7 Å². The summed E-state index contributed by atoms with van der Waals surface area (Å²) >= 11 is 0. The summed E-state index contributed by atoms with van der Waals surface area (Å²) in [5, 5.41) is 16.8. The van der Waals surface area contributed by atoms with E-state index in [4.69, 9.17) is 4.42 Å². The average molecular weight is 450 g/mol. The van der Waals surface area contributed by atoms with E-state index in [-0.39, 0.29) is 29.7 Å². The molecule has 2 N–H and O–H groups in total. The van der Waals surface area contributed by atoms with Gasteiger partial charge in [0.05, 0.1) is 4.92 Å². The number of likely N-dealkylation sites (tertiary alicyclic amines) is 1. The Morgan fingerprint density at radius 2 is 1.73 bits per heavy atom. The summed E-state index contributed by atoms with van der Waals surface area (Å²) in [5.41, 5.74) is 0.331. The highest BCUT2D eigenvalue weighted by molar-refractivity contribution is 6.39. The number of hydrogen-bond acceptors (Lipinski definition) is 6. The van der Waals surface area contributed by atoms with Crippen molar-refractivity contribution in [3.05, 3.63) is 70.5 Å². The van der Waals surface area contributed by atoms with E-state index in [1.54, 1.807) is 11.0 Å². The fourth-order valence-electron chi connectivity index (χ4n) is 3.82. The van der Waals surface area contributed by atoms with Crippen LogP contribution in [0.3, 0.4) is 0 Å². The first-order chi connectivity index (χ1) is 15.9. The third kappa shape index (κ3) is 5.00. The van der Waals surface area contributed by atoms with Crippen molar-refractivity contribution in [2.45, 2.75) is 12.8 Å². The van der Waals surface area contributed by atoms with Crippen LogP contribution < -0.4 is 10.6 Å². The molecule has 33 heavy (non-hydrogen) atoms. The lowest BCUT2D eigenvalue weighted by molar-refractivity contribution is -0.383. The van der Waals surface area contributed by atoms with E-state index in [1.165, 1.54) is 24.3 Å². The molecule has 0 radical (unpaired) electrons. The van der Waals surface area contributed by atoms with Gasteiger partial charge in [-0.3, -0.25) is 24.5 Å². The molecule has 10 nitrogen and oxygen atoms in total. The van der Waals surface area contributed by atoms with Crippen LogP contribution in [0.4, 0.5) is 11.4 Å². The molecule has 1 fully saturated rings. The van der Waals surface area contributed by atoms with Gasteiger partial charge in [0.25, 0.3) is 11.6 Å². The largest absolute Gasteiger partial charge is 0.451 e. The molecule has 2 aromatic carbocycles. The number of carbonyl (C=O) groups excluding carboxylic acids is 3. The molecule has 2 heterocycles. The molecule has 0 spiro atoms. The van der Waals surface area contributed by atoms with Gasteiger partial charge in [-0.05, 0) is 37.0 Å². The van der Waals surface area contributed by atoms with Gasteiger partial charge >= 0.3 is 11.8 Å². The van der Waals surface area contributed by atoms with Gasteiger partial charge in [-0.2, -0.15) is 0 Å². The third-order valence-electron chi connectivity index (χ3n) is 5.64. The molecule has 0 bridgehead atoms. The molecule has 4 rings (SSSR count). The number of nitro benzene ring substituents is 1. The van der Waals surface area contributed by atoms with Crippen molar-refractivity contribution in [2.75, 3.05) is 25.0 Å². The third-order valence-corrected chi connectivity index (χ3v) is 5.64. The number of nitrogens with one attached hydrogen (secondary N) is 2. The monoisotopic (exact) mass is 450 g/mol. The summed E-state index contributed by atoms with van der Waals surface area (Å²) in [4.78, 5) is 49.1. The first-order valence-corrected chi connectivity index (χ1v) is 10.5. The number of amides is 3. The summed E-state index contributed by atoms with van der Waals surface area (Å²) < 4.78 is 5.65. The minimum Gasteiger partial charge on any atom is -0.451 e. The number of nitrogens with zero attached hydrogens (tertiary/aromatic N) is 2. The van der Waals surface area contributed by atoms with Crippen LogP contribution in [0.25, 0.3) is 11.0 Å². The summed E-state index contributed by atoms with van der Waals surface area (Å²) in [6.07, 6.45) is 1.33. The maximum atomic E-state index is 12.7. The first-order valence-electron chi connectivity index (χ1n) is 10.5. The Balaban J connectivity index is 1.25. The highest BCUT2D eigenvalue weighted by atomic mass is 16.6. The minimum absolute atomic E-state index is 0.0416.